The Kier molecular flexibility index (Phi) is 4.01. The lowest BCUT2D eigenvalue weighted by atomic mass is 10.2. The van der Waals surface area contributed by atoms with E-state index >= 15 is 0 Å². The van der Waals surface area contributed by atoms with Crippen molar-refractivity contribution < 1.29 is 9.18 Å². The molecule has 1 heterocycles. The van der Waals surface area contributed by atoms with E-state index in [1.807, 2.05) is 30.3 Å². The number of carbonyl (C=O) groups excluding carboxylic acids is 1. The third-order valence-corrected chi connectivity index (χ3v) is 4.63. The second kappa shape index (κ2) is 6.33. The molecule has 1 aliphatic rings. The van der Waals surface area contributed by atoms with Crippen LogP contribution in [0.1, 0.15) is 28.0 Å². The maximum atomic E-state index is 13.2. The van der Waals surface area contributed by atoms with Crippen LogP contribution in [0.25, 0.3) is 5.69 Å². The molecule has 1 aliphatic carbocycles. The highest BCUT2D eigenvalue weighted by atomic mass is 35.5. The molecule has 1 amide bonds. The van der Waals surface area contributed by atoms with E-state index < -0.39 is 5.82 Å². The molecule has 0 unspecified atom stereocenters. The number of amides is 1. The largest absolute Gasteiger partial charge is 0.306 e. The summed E-state index contributed by atoms with van der Waals surface area (Å²) in [6, 6.07) is 13.4. The van der Waals surface area contributed by atoms with Gasteiger partial charge in [0, 0.05) is 5.56 Å². The fourth-order valence-corrected chi connectivity index (χ4v) is 3.38. The lowest BCUT2D eigenvalue weighted by molar-refractivity contribution is 0.102. The molecule has 0 saturated carbocycles. The normalized spacial score (nSPS) is 12.9. The number of nitrogens with zero attached hydrogens (tertiary/aromatic N) is 2. The first-order valence-electron chi connectivity index (χ1n) is 8.06. The summed E-state index contributed by atoms with van der Waals surface area (Å²) in [6.07, 6.45) is 2.79. The van der Waals surface area contributed by atoms with E-state index in [2.05, 4.69) is 10.4 Å². The van der Waals surface area contributed by atoms with Gasteiger partial charge < -0.3 is 5.32 Å². The number of aromatic nitrogens is 2. The van der Waals surface area contributed by atoms with Crippen molar-refractivity contribution in [3.05, 3.63) is 76.2 Å². The van der Waals surface area contributed by atoms with Crippen molar-refractivity contribution in [1.82, 2.24) is 9.78 Å². The molecule has 126 valence electrons. The van der Waals surface area contributed by atoms with Gasteiger partial charge in [0.25, 0.3) is 5.91 Å². The van der Waals surface area contributed by atoms with Crippen LogP contribution in [-0.4, -0.2) is 15.7 Å². The van der Waals surface area contributed by atoms with E-state index in [1.54, 1.807) is 4.68 Å². The highest BCUT2D eigenvalue weighted by molar-refractivity contribution is 6.34. The minimum Gasteiger partial charge on any atom is -0.306 e. The Morgan fingerprint density at radius 2 is 1.96 bits per heavy atom. The molecular weight excluding hydrogens is 341 g/mol. The van der Waals surface area contributed by atoms with Gasteiger partial charge in [0.05, 0.1) is 22.0 Å². The Labute approximate surface area is 149 Å². The zero-order chi connectivity index (χ0) is 17.4. The molecule has 2 aromatic carbocycles. The molecule has 0 spiro atoms. The van der Waals surface area contributed by atoms with Crippen molar-refractivity contribution in [2.24, 2.45) is 0 Å². The van der Waals surface area contributed by atoms with Gasteiger partial charge in [-0.3, -0.25) is 4.79 Å². The van der Waals surface area contributed by atoms with Crippen molar-refractivity contribution in [2.45, 2.75) is 19.3 Å². The summed E-state index contributed by atoms with van der Waals surface area (Å²) in [6.45, 7) is 0. The Bertz CT molecular complexity index is 953. The van der Waals surface area contributed by atoms with Crippen molar-refractivity contribution in [1.29, 1.82) is 0 Å². The van der Waals surface area contributed by atoms with Gasteiger partial charge in [-0.25, -0.2) is 9.07 Å². The Morgan fingerprint density at radius 3 is 2.72 bits per heavy atom. The van der Waals surface area contributed by atoms with Crippen LogP contribution in [0.4, 0.5) is 10.2 Å². The van der Waals surface area contributed by atoms with Crippen LogP contribution in [0.5, 0.6) is 0 Å². The number of nitrogens with one attached hydrogen (secondary N) is 1. The molecule has 4 rings (SSSR count). The zero-order valence-corrected chi connectivity index (χ0v) is 14.1. The van der Waals surface area contributed by atoms with Gasteiger partial charge >= 0.3 is 0 Å². The minimum absolute atomic E-state index is 0.0833. The molecular formula is C19H15ClFN3O. The number of halogens is 2. The summed E-state index contributed by atoms with van der Waals surface area (Å²) in [5.41, 5.74) is 3.16. The number of hydrogen-bond donors (Lipinski definition) is 1. The molecule has 3 aromatic rings. The van der Waals surface area contributed by atoms with Gasteiger partial charge in [0.1, 0.15) is 11.6 Å². The van der Waals surface area contributed by atoms with Crippen molar-refractivity contribution in [3.63, 3.8) is 0 Å². The molecule has 1 N–H and O–H groups in total. The van der Waals surface area contributed by atoms with Crippen LogP contribution in [0.15, 0.2) is 48.5 Å². The monoisotopic (exact) mass is 355 g/mol. The summed E-state index contributed by atoms with van der Waals surface area (Å²) in [5, 5.41) is 7.66. The van der Waals surface area contributed by atoms with Gasteiger partial charge in [-0.05, 0) is 49.6 Å². The maximum Gasteiger partial charge on any atom is 0.258 e. The molecule has 0 bridgehead atoms. The van der Waals surface area contributed by atoms with E-state index in [9.17, 15) is 9.18 Å². The fraction of sp³-hybridized carbons (Fsp3) is 0.158. The van der Waals surface area contributed by atoms with Crippen molar-refractivity contribution >= 4 is 23.3 Å². The molecule has 1 aromatic heterocycles. The summed E-state index contributed by atoms with van der Waals surface area (Å²) < 4.78 is 15.0. The summed E-state index contributed by atoms with van der Waals surface area (Å²) in [7, 11) is 0. The van der Waals surface area contributed by atoms with Crippen molar-refractivity contribution in [3.8, 4) is 5.69 Å². The van der Waals surface area contributed by atoms with Crippen LogP contribution >= 0.6 is 11.6 Å². The molecule has 0 aliphatic heterocycles. The predicted molar refractivity (Wildman–Crippen MR) is 95.0 cm³/mol. The number of hydrogen-bond acceptors (Lipinski definition) is 2. The number of rotatable bonds is 3. The lowest BCUT2D eigenvalue weighted by Gasteiger charge is -2.12. The summed E-state index contributed by atoms with van der Waals surface area (Å²) >= 11 is 6.02. The highest BCUT2D eigenvalue weighted by Gasteiger charge is 2.25. The third-order valence-electron chi connectivity index (χ3n) is 4.32. The van der Waals surface area contributed by atoms with Crippen LogP contribution < -0.4 is 5.32 Å². The summed E-state index contributed by atoms with van der Waals surface area (Å²) in [5.74, 6) is -0.197. The first-order valence-corrected chi connectivity index (χ1v) is 8.44. The average molecular weight is 356 g/mol. The van der Waals surface area contributed by atoms with Crippen LogP contribution in [0.3, 0.4) is 0 Å². The number of fused-ring (bicyclic) bond motifs is 1. The first kappa shape index (κ1) is 15.8. The quantitative estimate of drug-likeness (QED) is 0.756. The molecule has 0 atom stereocenters. The average Bonchev–Trinajstić information content (AvgIpc) is 3.18. The fourth-order valence-electron chi connectivity index (χ4n) is 3.12. The van der Waals surface area contributed by atoms with Crippen LogP contribution in [-0.2, 0) is 12.8 Å². The SMILES string of the molecule is O=C(Nc1c2c(nn1-c1ccccc1)CCC2)c1ccc(F)cc1Cl. The van der Waals surface area contributed by atoms with Crippen LogP contribution in [0.2, 0.25) is 5.02 Å². The molecule has 4 nitrogen and oxygen atoms in total. The first-order chi connectivity index (χ1) is 12.1. The summed E-state index contributed by atoms with van der Waals surface area (Å²) in [4.78, 5) is 12.7. The van der Waals surface area contributed by atoms with E-state index in [0.717, 1.165) is 42.3 Å². The molecule has 0 fully saturated rings. The number of benzene rings is 2. The Hall–Kier alpha value is -2.66. The zero-order valence-electron chi connectivity index (χ0n) is 13.3. The topological polar surface area (TPSA) is 46.9 Å². The number of anilines is 1. The van der Waals surface area contributed by atoms with E-state index in [4.69, 9.17) is 11.6 Å². The second-order valence-corrected chi connectivity index (χ2v) is 6.36. The van der Waals surface area contributed by atoms with E-state index in [0.29, 0.717) is 5.82 Å². The van der Waals surface area contributed by atoms with E-state index in [1.165, 1.54) is 12.1 Å². The molecule has 0 radical (unpaired) electrons. The number of carbonyl (C=O) groups is 1. The third kappa shape index (κ3) is 2.91. The maximum absolute atomic E-state index is 13.2. The van der Waals surface area contributed by atoms with Gasteiger partial charge in [-0.2, -0.15) is 5.10 Å². The van der Waals surface area contributed by atoms with Gasteiger partial charge in [-0.15, -0.1) is 0 Å². The molecule has 0 saturated heterocycles. The predicted octanol–water partition coefficient (Wildman–Crippen LogP) is 4.41. The minimum atomic E-state index is -0.475. The van der Waals surface area contributed by atoms with Crippen LogP contribution in [0, 0.1) is 5.82 Å². The lowest BCUT2D eigenvalue weighted by Crippen LogP contribution is -2.17. The molecule has 6 heteroatoms. The highest BCUT2D eigenvalue weighted by Crippen LogP contribution is 2.31. The Morgan fingerprint density at radius 1 is 1.16 bits per heavy atom. The van der Waals surface area contributed by atoms with E-state index in [-0.39, 0.29) is 16.5 Å². The number of aryl methyl sites for hydroxylation is 1. The Balaban J connectivity index is 1.74. The van der Waals surface area contributed by atoms with Gasteiger partial charge in [0.2, 0.25) is 0 Å². The van der Waals surface area contributed by atoms with Gasteiger partial charge in [0.15, 0.2) is 0 Å². The second-order valence-electron chi connectivity index (χ2n) is 5.95. The standard InChI is InChI=1S/C19H15ClFN3O/c20-16-11-12(21)9-10-14(16)19(25)22-18-15-7-4-8-17(15)23-24(18)13-5-2-1-3-6-13/h1-3,5-6,9-11H,4,7-8H2,(H,22,25). The molecule has 25 heavy (non-hydrogen) atoms. The smallest absolute Gasteiger partial charge is 0.258 e. The number of para-hydroxylation sites is 1. The van der Waals surface area contributed by atoms with Gasteiger partial charge in [-0.1, -0.05) is 29.8 Å². The van der Waals surface area contributed by atoms with Crippen molar-refractivity contribution in [2.75, 3.05) is 5.32 Å².